The van der Waals surface area contributed by atoms with E-state index in [4.69, 9.17) is 4.74 Å². The van der Waals surface area contributed by atoms with E-state index in [0.717, 1.165) is 11.8 Å². The summed E-state index contributed by atoms with van der Waals surface area (Å²) in [6.45, 7) is 3.85. The van der Waals surface area contributed by atoms with Crippen molar-refractivity contribution in [3.63, 3.8) is 0 Å². The van der Waals surface area contributed by atoms with Gasteiger partial charge in [0.25, 0.3) is 0 Å². The van der Waals surface area contributed by atoms with Gasteiger partial charge in [-0.05, 0) is 28.1 Å². The van der Waals surface area contributed by atoms with Crippen molar-refractivity contribution in [3.05, 3.63) is 40.9 Å². The number of ether oxygens (including phenoxy) is 1. The Morgan fingerprint density at radius 1 is 1.48 bits per heavy atom. The number of nitrogens with zero attached hydrogens (tertiary/aromatic N) is 1. The van der Waals surface area contributed by atoms with Crippen molar-refractivity contribution in [3.8, 4) is 5.75 Å². The van der Waals surface area contributed by atoms with Gasteiger partial charge < -0.3 is 9.64 Å². The first kappa shape index (κ1) is 17.7. The van der Waals surface area contributed by atoms with E-state index in [9.17, 15) is 13.2 Å². The van der Waals surface area contributed by atoms with Gasteiger partial charge in [0, 0.05) is 25.4 Å². The van der Waals surface area contributed by atoms with Crippen LogP contribution in [0.15, 0.2) is 35.3 Å². The Bertz CT molecular complexity index is 628. The van der Waals surface area contributed by atoms with Gasteiger partial charge in [-0.2, -0.15) is 0 Å². The highest BCUT2D eigenvalue weighted by atomic mass is 79.9. The molecule has 21 heavy (non-hydrogen) atoms. The number of hydrogen-bond acceptors (Lipinski definition) is 4. The highest BCUT2D eigenvalue weighted by Crippen LogP contribution is 2.30. The maximum Gasteiger partial charge on any atom is 0.245 e. The fraction of sp³-hybridized carbons (Fsp3) is 0.357. The zero-order valence-electron chi connectivity index (χ0n) is 12.0. The number of rotatable bonds is 7. The number of sulfone groups is 1. The van der Waals surface area contributed by atoms with Gasteiger partial charge >= 0.3 is 0 Å². The van der Waals surface area contributed by atoms with E-state index in [1.54, 1.807) is 13.1 Å². The van der Waals surface area contributed by atoms with Crippen LogP contribution in [0.2, 0.25) is 0 Å². The largest absolute Gasteiger partial charge is 0.491 e. The first-order chi connectivity index (χ1) is 9.74. The number of halogens is 1. The first-order valence-corrected chi connectivity index (χ1v) is 9.05. The maximum atomic E-state index is 11.5. The van der Waals surface area contributed by atoms with Crippen LogP contribution in [0.5, 0.6) is 5.75 Å². The molecule has 0 unspecified atom stereocenters. The fourth-order valence-electron chi connectivity index (χ4n) is 1.62. The van der Waals surface area contributed by atoms with Crippen LogP contribution >= 0.6 is 15.9 Å². The standard InChI is InChI=1S/C14H18BrNO4S/c1-4-13(17)16(2)10-11-6-5-7-12(15)14(11)20-8-9-21(3,18)19/h4-7H,1,8-10H2,2-3H3. The summed E-state index contributed by atoms with van der Waals surface area (Å²) in [6.07, 6.45) is 2.40. The Morgan fingerprint density at radius 3 is 2.71 bits per heavy atom. The summed E-state index contributed by atoms with van der Waals surface area (Å²) in [6, 6.07) is 5.46. The number of para-hydroxylation sites is 1. The third-order valence-corrected chi connectivity index (χ3v) is 4.24. The molecular weight excluding hydrogens is 358 g/mol. The number of carbonyl (C=O) groups is 1. The molecule has 0 aromatic heterocycles. The summed E-state index contributed by atoms with van der Waals surface area (Å²) in [7, 11) is -1.42. The van der Waals surface area contributed by atoms with Crippen molar-refractivity contribution in [2.75, 3.05) is 25.7 Å². The van der Waals surface area contributed by atoms with Gasteiger partial charge in [-0.3, -0.25) is 4.79 Å². The van der Waals surface area contributed by atoms with Crippen molar-refractivity contribution in [2.24, 2.45) is 0 Å². The minimum atomic E-state index is -3.08. The van der Waals surface area contributed by atoms with Crippen LogP contribution in [0.3, 0.4) is 0 Å². The van der Waals surface area contributed by atoms with Crippen molar-refractivity contribution >= 4 is 31.7 Å². The summed E-state index contributed by atoms with van der Waals surface area (Å²) in [5.41, 5.74) is 0.788. The highest BCUT2D eigenvalue weighted by molar-refractivity contribution is 9.10. The fourth-order valence-corrected chi connectivity index (χ4v) is 2.53. The average Bonchev–Trinajstić information content (AvgIpc) is 2.39. The van der Waals surface area contributed by atoms with Crippen molar-refractivity contribution in [1.29, 1.82) is 0 Å². The SMILES string of the molecule is C=CC(=O)N(C)Cc1cccc(Br)c1OCCS(C)(=O)=O. The van der Waals surface area contributed by atoms with Gasteiger partial charge in [-0.1, -0.05) is 18.7 Å². The number of hydrogen-bond donors (Lipinski definition) is 0. The van der Waals surface area contributed by atoms with Crippen LogP contribution in [0, 0.1) is 0 Å². The van der Waals surface area contributed by atoms with Gasteiger partial charge in [0.15, 0.2) is 9.84 Å². The van der Waals surface area contributed by atoms with E-state index in [0.29, 0.717) is 16.8 Å². The molecule has 7 heteroatoms. The molecule has 1 aromatic carbocycles. The topological polar surface area (TPSA) is 63.7 Å². The molecule has 116 valence electrons. The van der Waals surface area contributed by atoms with Crippen molar-refractivity contribution < 1.29 is 17.9 Å². The van der Waals surface area contributed by atoms with Gasteiger partial charge in [-0.25, -0.2) is 8.42 Å². The summed E-state index contributed by atoms with van der Waals surface area (Å²) >= 11 is 3.37. The lowest BCUT2D eigenvalue weighted by Gasteiger charge is -2.18. The second-order valence-corrected chi connectivity index (χ2v) is 7.72. The van der Waals surface area contributed by atoms with Crippen LogP contribution in [0.1, 0.15) is 5.56 Å². The molecule has 0 N–H and O–H groups in total. The molecule has 5 nitrogen and oxygen atoms in total. The lowest BCUT2D eigenvalue weighted by Crippen LogP contribution is -2.24. The van der Waals surface area contributed by atoms with Crippen LogP contribution in [0.4, 0.5) is 0 Å². The van der Waals surface area contributed by atoms with Crippen LogP contribution in [-0.4, -0.2) is 44.9 Å². The van der Waals surface area contributed by atoms with Crippen LogP contribution < -0.4 is 4.74 Å². The highest BCUT2D eigenvalue weighted by Gasteiger charge is 2.13. The molecular formula is C14H18BrNO4S. The smallest absolute Gasteiger partial charge is 0.245 e. The molecule has 0 radical (unpaired) electrons. The monoisotopic (exact) mass is 375 g/mol. The molecule has 0 spiro atoms. The van der Waals surface area contributed by atoms with Gasteiger partial charge in [0.2, 0.25) is 5.91 Å². The molecule has 1 rings (SSSR count). The Labute approximate surface area is 133 Å². The molecule has 1 aromatic rings. The van der Waals surface area contributed by atoms with Gasteiger partial charge in [-0.15, -0.1) is 0 Å². The minimum absolute atomic E-state index is 0.0603. The summed E-state index contributed by atoms with van der Waals surface area (Å²) in [5.74, 6) is 0.289. The summed E-state index contributed by atoms with van der Waals surface area (Å²) in [4.78, 5) is 13.0. The number of likely N-dealkylation sites (N-methyl/N-ethyl adjacent to an activating group) is 1. The second-order valence-electron chi connectivity index (χ2n) is 4.60. The number of amides is 1. The van der Waals surface area contributed by atoms with E-state index in [1.165, 1.54) is 11.0 Å². The van der Waals surface area contributed by atoms with Crippen molar-refractivity contribution in [1.82, 2.24) is 4.90 Å². The second kappa shape index (κ2) is 7.61. The zero-order chi connectivity index (χ0) is 16.0. The predicted molar refractivity (Wildman–Crippen MR) is 86.0 cm³/mol. The first-order valence-electron chi connectivity index (χ1n) is 6.20. The lowest BCUT2D eigenvalue weighted by molar-refractivity contribution is -0.125. The molecule has 1 amide bonds. The number of carbonyl (C=O) groups excluding carboxylic acids is 1. The number of benzene rings is 1. The Balaban J connectivity index is 2.87. The molecule has 0 fully saturated rings. The molecule has 0 bridgehead atoms. The maximum absolute atomic E-state index is 11.5. The molecule has 0 heterocycles. The third-order valence-electron chi connectivity index (χ3n) is 2.71. The Morgan fingerprint density at radius 2 is 2.14 bits per heavy atom. The molecule has 0 saturated carbocycles. The molecule has 0 aliphatic heterocycles. The Hall–Kier alpha value is -1.34. The predicted octanol–water partition coefficient (Wildman–Crippen LogP) is 2.02. The van der Waals surface area contributed by atoms with Crippen LogP contribution in [-0.2, 0) is 21.2 Å². The quantitative estimate of drug-likeness (QED) is 0.683. The van der Waals surface area contributed by atoms with E-state index in [2.05, 4.69) is 22.5 Å². The molecule has 0 aliphatic carbocycles. The zero-order valence-corrected chi connectivity index (χ0v) is 14.4. The van der Waals surface area contributed by atoms with E-state index >= 15 is 0 Å². The van der Waals surface area contributed by atoms with E-state index < -0.39 is 9.84 Å². The molecule has 0 saturated heterocycles. The minimum Gasteiger partial charge on any atom is -0.491 e. The summed E-state index contributed by atoms with van der Waals surface area (Å²) in [5, 5.41) is 0. The Kier molecular flexibility index (Phi) is 6.42. The average molecular weight is 376 g/mol. The van der Waals surface area contributed by atoms with Gasteiger partial charge in [0.05, 0.1) is 10.2 Å². The lowest BCUT2D eigenvalue weighted by atomic mass is 10.2. The van der Waals surface area contributed by atoms with E-state index in [-0.39, 0.29) is 18.3 Å². The third kappa shape index (κ3) is 5.89. The summed E-state index contributed by atoms with van der Waals surface area (Å²) < 4.78 is 28.6. The van der Waals surface area contributed by atoms with Crippen LogP contribution in [0.25, 0.3) is 0 Å². The van der Waals surface area contributed by atoms with Gasteiger partial charge in [0.1, 0.15) is 12.4 Å². The molecule has 0 aliphatic rings. The normalized spacial score (nSPS) is 11.0. The molecule has 0 atom stereocenters. The van der Waals surface area contributed by atoms with E-state index in [1.807, 2.05) is 12.1 Å². The van der Waals surface area contributed by atoms with Crippen molar-refractivity contribution in [2.45, 2.75) is 6.54 Å².